The normalized spacial score (nSPS) is 11.3. The second-order valence-electron chi connectivity index (χ2n) is 5.67. The minimum atomic E-state index is -0.484. The molecule has 106 valence electrons. The number of nitrogens with two attached hydrogens (primary N) is 1. The highest BCUT2D eigenvalue weighted by molar-refractivity contribution is 5.89. The minimum Gasteiger partial charge on any atom is -0.456 e. The fraction of sp³-hybridized carbons (Fsp3) is 0.333. The van der Waals surface area contributed by atoms with E-state index in [2.05, 4.69) is 5.10 Å². The number of rotatable bonds is 3. The van der Waals surface area contributed by atoms with Crippen molar-refractivity contribution < 1.29 is 9.53 Å². The molecule has 2 N–H and O–H groups in total. The number of benzene rings is 1. The summed E-state index contributed by atoms with van der Waals surface area (Å²) in [5.41, 5.74) is 7.35. The van der Waals surface area contributed by atoms with Crippen molar-refractivity contribution in [2.24, 2.45) is 0 Å². The molecule has 1 heterocycles. The lowest BCUT2D eigenvalue weighted by Gasteiger charge is -2.19. The highest BCUT2D eigenvalue weighted by atomic mass is 16.6. The molecule has 0 aliphatic rings. The number of ether oxygens (including phenoxy) is 1. The van der Waals surface area contributed by atoms with Gasteiger partial charge in [-0.05, 0) is 38.5 Å². The first-order valence-electron chi connectivity index (χ1n) is 6.44. The Bertz CT molecular complexity index is 594. The van der Waals surface area contributed by atoms with Gasteiger partial charge in [0.1, 0.15) is 5.60 Å². The Morgan fingerprint density at radius 1 is 1.30 bits per heavy atom. The van der Waals surface area contributed by atoms with E-state index in [0.717, 1.165) is 5.56 Å². The van der Waals surface area contributed by atoms with E-state index in [-0.39, 0.29) is 5.97 Å². The van der Waals surface area contributed by atoms with Crippen LogP contribution in [0.3, 0.4) is 0 Å². The Morgan fingerprint density at radius 3 is 2.45 bits per heavy atom. The lowest BCUT2D eigenvalue weighted by molar-refractivity contribution is 0.00695. The van der Waals surface area contributed by atoms with Gasteiger partial charge in [-0.2, -0.15) is 5.10 Å². The lowest BCUT2D eigenvalue weighted by atomic mass is 10.1. The zero-order valence-electron chi connectivity index (χ0n) is 12.0. The van der Waals surface area contributed by atoms with Crippen LogP contribution in [0.25, 0.3) is 0 Å². The van der Waals surface area contributed by atoms with E-state index >= 15 is 0 Å². The van der Waals surface area contributed by atoms with Crippen LogP contribution in [0.15, 0.2) is 36.7 Å². The number of nitrogen functional groups attached to an aromatic ring is 1. The van der Waals surface area contributed by atoms with Crippen molar-refractivity contribution in [3.05, 3.63) is 47.8 Å². The summed E-state index contributed by atoms with van der Waals surface area (Å²) in [6.45, 7) is 6.16. The molecule has 0 bridgehead atoms. The molecule has 0 amide bonds. The molecule has 0 atom stereocenters. The number of nitrogens with zero attached hydrogens (tertiary/aromatic N) is 2. The van der Waals surface area contributed by atoms with Crippen molar-refractivity contribution in [3.8, 4) is 0 Å². The standard InChI is InChI=1S/C15H19N3O2/c1-15(2,3)20-14(19)12-6-4-11(5-7-12)9-18-10-13(16)8-17-18/h4-8,10H,9,16H2,1-3H3. The monoisotopic (exact) mass is 273 g/mol. The summed E-state index contributed by atoms with van der Waals surface area (Å²) < 4.78 is 7.06. The van der Waals surface area contributed by atoms with Gasteiger partial charge in [0.05, 0.1) is 24.0 Å². The maximum absolute atomic E-state index is 11.9. The van der Waals surface area contributed by atoms with Crippen LogP contribution in [0.4, 0.5) is 5.69 Å². The van der Waals surface area contributed by atoms with E-state index < -0.39 is 5.60 Å². The van der Waals surface area contributed by atoms with Crippen molar-refractivity contribution in [2.45, 2.75) is 32.9 Å². The molecule has 1 aromatic heterocycles. The third-order valence-electron chi connectivity index (χ3n) is 2.59. The number of carbonyl (C=O) groups is 1. The van der Waals surface area contributed by atoms with Crippen LogP contribution in [0, 0.1) is 0 Å². The zero-order chi connectivity index (χ0) is 14.8. The van der Waals surface area contributed by atoms with Crippen LogP contribution in [-0.4, -0.2) is 21.4 Å². The molecule has 0 radical (unpaired) electrons. The van der Waals surface area contributed by atoms with E-state index in [4.69, 9.17) is 10.5 Å². The minimum absolute atomic E-state index is 0.313. The summed E-state index contributed by atoms with van der Waals surface area (Å²) in [7, 11) is 0. The highest BCUT2D eigenvalue weighted by Gasteiger charge is 2.17. The molecule has 2 rings (SSSR count). The third kappa shape index (κ3) is 3.85. The van der Waals surface area contributed by atoms with Gasteiger partial charge in [0.15, 0.2) is 0 Å². The Kier molecular flexibility index (Phi) is 3.79. The van der Waals surface area contributed by atoms with Gasteiger partial charge >= 0.3 is 5.97 Å². The molecule has 0 aliphatic carbocycles. The Morgan fingerprint density at radius 2 is 1.95 bits per heavy atom. The van der Waals surface area contributed by atoms with Gasteiger partial charge in [0, 0.05) is 6.20 Å². The average molecular weight is 273 g/mol. The molecule has 20 heavy (non-hydrogen) atoms. The Balaban J connectivity index is 2.04. The second-order valence-corrected chi connectivity index (χ2v) is 5.67. The number of hydrogen-bond donors (Lipinski definition) is 1. The topological polar surface area (TPSA) is 70.1 Å². The molecule has 5 heteroatoms. The number of carbonyl (C=O) groups excluding carboxylic acids is 1. The molecular weight excluding hydrogens is 254 g/mol. The van der Waals surface area contributed by atoms with Crippen LogP contribution in [-0.2, 0) is 11.3 Å². The van der Waals surface area contributed by atoms with Crippen molar-refractivity contribution in [1.29, 1.82) is 0 Å². The van der Waals surface area contributed by atoms with E-state index in [1.54, 1.807) is 29.2 Å². The van der Waals surface area contributed by atoms with Gasteiger partial charge in [0.2, 0.25) is 0 Å². The summed E-state index contributed by atoms with van der Waals surface area (Å²) in [5, 5.41) is 4.12. The maximum atomic E-state index is 11.9. The van der Waals surface area contributed by atoms with E-state index in [1.807, 2.05) is 32.9 Å². The molecule has 0 saturated carbocycles. The largest absolute Gasteiger partial charge is 0.456 e. The van der Waals surface area contributed by atoms with Crippen molar-refractivity contribution in [2.75, 3.05) is 5.73 Å². The van der Waals surface area contributed by atoms with Crippen LogP contribution in [0.5, 0.6) is 0 Å². The second kappa shape index (κ2) is 5.36. The fourth-order valence-electron chi connectivity index (χ4n) is 1.74. The average Bonchev–Trinajstić information content (AvgIpc) is 2.73. The Hall–Kier alpha value is -2.30. The quantitative estimate of drug-likeness (QED) is 0.872. The predicted molar refractivity (Wildman–Crippen MR) is 77.4 cm³/mol. The summed E-state index contributed by atoms with van der Waals surface area (Å²) in [4.78, 5) is 11.9. The number of esters is 1. The molecular formula is C15H19N3O2. The van der Waals surface area contributed by atoms with Gasteiger partial charge in [-0.3, -0.25) is 4.68 Å². The van der Waals surface area contributed by atoms with Crippen LogP contribution in [0.1, 0.15) is 36.7 Å². The summed E-state index contributed by atoms with van der Waals surface area (Å²) in [6, 6.07) is 7.29. The van der Waals surface area contributed by atoms with Crippen molar-refractivity contribution >= 4 is 11.7 Å². The van der Waals surface area contributed by atoms with Gasteiger partial charge in [0.25, 0.3) is 0 Å². The van der Waals surface area contributed by atoms with Crippen LogP contribution < -0.4 is 5.73 Å². The van der Waals surface area contributed by atoms with E-state index in [1.165, 1.54) is 0 Å². The molecule has 0 aliphatic heterocycles. The van der Waals surface area contributed by atoms with Crippen molar-refractivity contribution in [3.63, 3.8) is 0 Å². The zero-order valence-corrected chi connectivity index (χ0v) is 12.0. The third-order valence-corrected chi connectivity index (χ3v) is 2.59. The maximum Gasteiger partial charge on any atom is 0.338 e. The van der Waals surface area contributed by atoms with Gasteiger partial charge in [-0.25, -0.2) is 4.79 Å². The SMILES string of the molecule is CC(C)(C)OC(=O)c1ccc(Cn2cc(N)cn2)cc1. The molecule has 1 aromatic carbocycles. The first kappa shape index (κ1) is 14.1. The highest BCUT2D eigenvalue weighted by Crippen LogP contribution is 2.13. The number of aromatic nitrogens is 2. The van der Waals surface area contributed by atoms with Crippen LogP contribution in [0.2, 0.25) is 0 Å². The van der Waals surface area contributed by atoms with Crippen LogP contribution >= 0.6 is 0 Å². The fourth-order valence-corrected chi connectivity index (χ4v) is 1.74. The van der Waals surface area contributed by atoms with E-state index in [9.17, 15) is 4.79 Å². The van der Waals surface area contributed by atoms with Crippen molar-refractivity contribution in [1.82, 2.24) is 9.78 Å². The molecule has 0 saturated heterocycles. The molecule has 0 fully saturated rings. The molecule has 5 nitrogen and oxygen atoms in total. The first-order valence-corrected chi connectivity index (χ1v) is 6.44. The Labute approximate surface area is 118 Å². The van der Waals surface area contributed by atoms with Gasteiger partial charge in [-0.1, -0.05) is 12.1 Å². The van der Waals surface area contributed by atoms with Gasteiger partial charge < -0.3 is 10.5 Å². The smallest absolute Gasteiger partial charge is 0.338 e. The van der Waals surface area contributed by atoms with E-state index in [0.29, 0.717) is 17.8 Å². The van der Waals surface area contributed by atoms with Gasteiger partial charge in [-0.15, -0.1) is 0 Å². The molecule has 0 unspecified atom stereocenters. The first-order chi connectivity index (χ1) is 9.33. The summed E-state index contributed by atoms with van der Waals surface area (Å²) in [6.07, 6.45) is 3.37. The molecule has 2 aromatic rings. The number of anilines is 1. The summed E-state index contributed by atoms with van der Waals surface area (Å²) in [5.74, 6) is -0.313. The predicted octanol–water partition coefficient (Wildman–Crippen LogP) is 2.47. The molecule has 0 spiro atoms. The number of hydrogen-bond acceptors (Lipinski definition) is 4. The summed E-state index contributed by atoms with van der Waals surface area (Å²) >= 11 is 0. The lowest BCUT2D eigenvalue weighted by Crippen LogP contribution is -2.23.